The minimum atomic E-state index is 0.876. The fourth-order valence-electron chi connectivity index (χ4n) is 11.3. The first kappa shape index (κ1) is 36.7. The largest absolute Gasteiger partial charge is 0.455 e. The molecule has 2 aromatic heterocycles. The van der Waals surface area contributed by atoms with Gasteiger partial charge in [0, 0.05) is 38.4 Å². The highest BCUT2D eigenvalue weighted by atomic mass is 16.3. The summed E-state index contributed by atoms with van der Waals surface area (Å²) in [5, 5.41) is 14.5. The Morgan fingerprint density at radius 1 is 0.273 bits per heavy atom. The van der Waals surface area contributed by atoms with Crippen LogP contribution in [0.2, 0.25) is 0 Å². The van der Waals surface area contributed by atoms with E-state index < -0.39 is 0 Å². The lowest BCUT2D eigenvalue weighted by Gasteiger charge is -2.19. The maximum absolute atomic E-state index is 7.14. The highest BCUT2D eigenvalue weighted by molar-refractivity contribution is 6.28. The smallest absolute Gasteiger partial charge is 0.143 e. The Balaban J connectivity index is 1.02. The predicted octanol–water partition coefficient (Wildman–Crippen LogP) is 18.0. The minimum absolute atomic E-state index is 0.876. The van der Waals surface area contributed by atoms with Crippen LogP contribution in [0.4, 0.5) is 0 Å². The highest BCUT2D eigenvalue weighted by Crippen LogP contribution is 2.50. The molecule has 0 saturated heterocycles. The Labute approximate surface area is 380 Å². The molecule has 0 radical (unpaired) electrons. The zero-order valence-electron chi connectivity index (χ0n) is 35.9. The summed E-state index contributed by atoms with van der Waals surface area (Å²) in [4.78, 5) is 0. The second kappa shape index (κ2) is 14.4. The Bertz CT molecular complexity index is 4120. The van der Waals surface area contributed by atoms with Crippen molar-refractivity contribution in [2.45, 2.75) is 0 Å². The molecule has 0 unspecified atom stereocenters. The lowest BCUT2D eigenvalue weighted by molar-refractivity contribution is 0.670. The van der Waals surface area contributed by atoms with Crippen molar-refractivity contribution in [2.75, 3.05) is 0 Å². The van der Waals surface area contributed by atoms with Crippen molar-refractivity contribution >= 4 is 86.8 Å². The molecule has 14 rings (SSSR count). The number of furan rings is 1. The maximum atomic E-state index is 7.14. The summed E-state index contributed by atoms with van der Waals surface area (Å²) in [6.45, 7) is 0. The fourth-order valence-corrected chi connectivity index (χ4v) is 11.3. The SMILES string of the molecule is c1ccc(-c2c3ccccc3c(-c3cccc4c3oc3cccc(-c5c6ccccc6c(-c6cccc(-n7c8ccccc8c8ccccc87)c6)c6ccccc56)c34)c3ccccc23)cc1. The Kier molecular flexibility index (Phi) is 8.02. The van der Waals surface area contributed by atoms with E-state index in [1.54, 1.807) is 0 Å². The molecule has 306 valence electrons. The average Bonchev–Trinajstić information content (AvgIpc) is 3.94. The summed E-state index contributed by atoms with van der Waals surface area (Å²) in [6.07, 6.45) is 0. The third-order valence-electron chi connectivity index (χ3n) is 14.0. The summed E-state index contributed by atoms with van der Waals surface area (Å²) in [7, 11) is 0. The van der Waals surface area contributed by atoms with Gasteiger partial charge in [0.05, 0.1) is 11.0 Å². The second-order valence-corrected chi connectivity index (χ2v) is 17.4. The van der Waals surface area contributed by atoms with Gasteiger partial charge in [-0.15, -0.1) is 0 Å². The molecular formula is C64H39NO. The van der Waals surface area contributed by atoms with E-state index in [9.17, 15) is 0 Å². The van der Waals surface area contributed by atoms with E-state index in [1.165, 1.54) is 98.3 Å². The van der Waals surface area contributed by atoms with E-state index in [1.807, 2.05) is 0 Å². The lowest BCUT2D eigenvalue weighted by Crippen LogP contribution is -1.95. The molecule has 0 saturated carbocycles. The van der Waals surface area contributed by atoms with E-state index in [0.29, 0.717) is 0 Å². The maximum Gasteiger partial charge on any atom is 0.143 e. The third-order valence-corrected chi connectivity index (χ3v) is 14.0. The Morgan fingerprint density at radius 2 is 0.667 bits per heavy atom. The van der Waals surface area contributed by atoms with Crippen LogP contribution in [0, 0.1) is 0 Å². The minimum Gasteiger partial charge on any atom is -0.455 e. The monoisotopic (exact) mass is 837 g/mol. The molecule has 12 aromatic carbocycles. The molecule has 0 spiro atoms. The molecule has 66 heavy (non-hydrogen) atoms. The second-order valence-electron chi connectivity index (χ2n) is 17.4. The summed E-state index contributed by atoms with van der Waals surface area (Å²) < 4.78 is 9.55. The van der Waals surface area contributed by atoms with Gasteiger partial charge >= 0.3 is 0 Å². The quantitative estimate of drug-likeness (QED) is 0.158. The van der Waals surface area contributed by atoms with Gasteiger partial charge in [0.15, 0.2) is 0 Å². The zero-order chi connectivity index (χ0) is 43.3. The molecule has 0 aliphatic rings. The van der Waals surface area contributed by atoms with Crippen LogP contribution in [-0.2, 0) is 0 Å². The highest BCUT2D eigenvalue weighted by Gasteiger charge is 2.24. The van der Waals surface area contributed by atoms with Gasteiger partial charge in [-0.25, -0.2) is 0 Å². The van der Waals surface area contributed by atoms with Gasteiger partial charge in [0.25, 0.3) is 0 Å². The zero-order valence-corrected chi connectivity index (χ0v) is 35.9. The van der Waals surface area contributed by atoms with Crippen molar-refractivity contribution < 1.29 is 4.42 Å². The van der Waals surface area contributed by atoms with Crippen molar-refractivity contribution in [3.63, 3.8) is 0 Å². The molecule has 2 heteroatoms. The van der Waals surface area contributed by atoms with E-state index in [-0.39, 0.29) is 0 Å². The predicted molar refractivity (Wildman–Crippen MR) is 280 cm³/mol. The molecule has 14 aromatic rings. The molecule has 0 N–H and O–H groups in total. The number of hydrogen-bond donors (Lipinski definition) is 0. The van der Waals surface area contributed by atoms with Crippen molar-refractivity contribution in [1.82, 2.24) is 4.57 Å². The molecule has 2 nitrogen and oxygen atoms in total. The molecule has 0 aliphatic heterocycles. The lowest BCUT2D eigenvalue weighted by atomic mass is 9.84. The van der Waals surface area contributed by atoms with E-state index in [2.05, 4.69) is 241 Å². The van der Waals surface area contributed by atoms with Crippen LogP contribution < -0.4 is 0 Å². The van der Waals surface area contributed by atoms with Crippen molar-refractivity contribution in [1.29, 1.82) is 0 Å². The van der Waals surface area contributed by atoms with Crippen LogP contribution in [-0.4, -0.2) is 4.57 Å². The van der Waals surface area contributed by atoms with Gasteiger partial charge in [-0.1, -0.05) is 206 Å². The number of fused-ring (bicyclic) bond motifs is 10. The number of para-hydroxylation sites is 3. The van der Waals surface area contributed by atoms with Crippen LogP contribution in [0.25, 0.3) is 137 Å². The van der Waals surface area contributed by atoms with Crippen molar-refractivity contribution in [2.24, 2.45) is 0 Å². The first-order chi connectivity index (χ1) is 32.8. The van der Waals surface area contributed by atoms with Gasteiger partial charge in [-0.05, 0) is 107 Å². The third kappa shape index (κ3) is 5.30. The van der Waals surface area contributed by atoms with Crippen LogP contribution in [0.5, 0.6) is 0 Å². The summed E-state index contributed by atoms with van der Waals surface area (Å²) >= 11 is 0. The van der Waals surface area contributed by atoms with Crippen LogP contribution >= 0.6 is 0 Å². The normalized spacial score (nSPS) is 11.9. The van der Waals surface area contributed by atoms with Gasteiger partial charge in [0.2, 0.25) is 0 Å². The molecule has 0 amide bonds. The number of rotatable bonds is 5. The number of hydrogen-bond acceptors (Lipinski definition) is 1. The van der Waals surface area contributed by atoms with Crippen LogP contribution in [0.3, 0.4) is 0 Å². The Hall–Kier alpha value is -8.72. The molecule has 0 aliphatic carbocycles. The fraction of sp³-hybridized carbons (Fsp3) is 0. The first-order valence-electron chi connectivity index (χ1n) is 22.8. The van der Waals surface area contributed by atoms with Gasteiger partial charge in [-0.3, -0.25) is 0 Å². The van der Waals surface area contributed by atoms with E-state index in [4.69, 9.17) is 4.42 Å². The van der Waals surface area contributed by atoms with Crippen molar-refractivity contribution in [3.8, 4) is 50.2 Å². The number of nitrogens with zero attached hydrogens (tertiary/aromatic N) is 1. The average molecular weight is 838 g/mol. The summed E-state index contributed by atoms with van der Waals surface area (Å²) in [5.41, 5.74) is 14.9. The van der Waals surface area contributed by atoms with Gasteiger partial charge in [-0.2, -0.15) is 0 Å². The van der Waals surface area contributed by atoms with Crippen LogP contribution in [0.1, 0.15) is 0 Å². The number of benzene rings is 12. The van der Waals surface area contributed by atoms with E-state index >= 15 is 0 Å². The first-order valence-corrected chi connectivity index (χ1v) is 22.8. The topological polar surface area (TPSA) is 18.1 Å². The molecule has 0 atom stereocenters. The van der Waals surface area contributed by atoms with Crippen LogP contribution in [0.15, 0.2) is 241 Å². The van der Waals surface area contributed by atoms with Gasteiger partial charge in [0.1, 0.15) is 11.2 Å². The number of aromatic nitrogens is 1. The molecule has 2 heterocycles. The van der Waals surface area contributed by atoms with Gasteiger partial charge < -0.3 is 8.98 Å². The summed E-state index contributed by atoms with van der Waals surface area (Å²) in [6, 6.07) is 86.3. The summed E-state index contributed by atoms with van der Waals surface area (Å²) in [5.74, 6) is 0. The molecule has 0 bridgehead atoms. The molecule has 0 fully saturated rings. The van der Waals surface area contributed by atoms with Crippen molar-refractivity contribution in [3.05, 3.63) is 237 Å². The molecular weight excluding hydrogens is 799 g/mol. The standard InChI is InChI=1S/C64H39NO/c1-2-19-40(20-3-1)59-45-25-4-10-31-51(45)62(52-32-11-5-26-46(52)59)54-34-17-35-55-63-53(33-18-38-58(63)66-64(54)55)61-49-29-8-6-27-47(49)60(48-28-7-9-30-50(48)61)41-21-16-22-42(39-41)65-56-36-14-12-23-43(56)44-24-13-15-37-57(44)65/h1-39H. The Morgan fingerprint density at radius 3 is 1.23 bits per heavy atom. The van der Waals surface area contributed by atoms with E-state index in [0.717, 1.165) is 38.8 Å².